The molecule has 0 aliphatic rings. The molecule has 3 heteroatoms. The van der Waals surface area contributed by atoms with Crippen molar-refractivity contribution in [2.24, 2.45) is 0 Å². The number of aromatic nitrogens is 2. The van der Waals surface area contributed by atoms with Crippen molar-refractivity contribution in [3.05, 3.63) is 35.5 Å². The van der Waals surface area contributed by atoms with Crippen molar-refractivity contribution in [3.8, 4) is 17.0 Å². The molecule has 1 aromatic carbocycles. The lowest BCUT2D eigenvalue weighted by molar-refractivity contribution is 0.461. The first-order valence-corrected chi connectivity index (χ1v) is 7.11. The largest absolute Gasteiger partial charge is 0.504 e. The number of hydrogen-bond donors (Lipinski definition) is 1. The van der Waals surface area contributed by atoms with Crippen LogP contribution in [0, 0.1) is 6.92 Å². The van der Waals surface area contributed by atoms with Gasteiger partial charge in [0.1, 0.15) is 5.69 Å². The van der Waals surface area contributed by atoms with Gasteiger partial charge in [-0.15, -0.1) is 0 Å². The Hall–Kier alpha value is -1.77. The monoisotopic (exact) mass is 272 g/mol. The minimum Gasteiger partial charge on any atom is -0.504 e. The normalized spacial score (nSPS) is 12.2. The van der Waals surface area contributed by atoms with E-state index in [4.69, 9.17) is 0 Å². The summed E-state index contributed by atoms with van der Waals surface area (Å²) in [5, 5.41) is 14.8. The highest BCUT2D eigenvalue weighted by molar-refractivity contribution is 5.67. The van der Waals surface area contributed by atoms with Crippen molar-refractivity contribution in [1.82, 2.24) is 9.78 Å². The van der Waals surface area contributed by atoms with Gasteiger partial charge in [-0.2, -0.15) is 5.10 Å². The van der Waals surface area contributed by atoms with Crippen molar-refractivity contribution >= 4 is 0 Å². The molecule has 1 aromatic heterocycles. The van der Waals surface area contributed by atoms with Crippen molar-refractivity contribution < 1.29 is 5.11 Å². The van der Waals surface area contributed by atoms with E-state index in [0.717, 1.165) is 11.3 Å². The Bertz CT molecular complexity index is 601. The molecule has 20 heavy (non-hydrogen) atoms. The van der Waals surface area contributed by atoms with E-state index >= 15 is 0 Å². The maximum absolute atomic E-state index is 10.3. The van der Waals surface area contributed by atoms with Gasteiger partial charge in [-0.25, -0.2) is 0 Å². The molecule has 0 unspecified atom stereocenters. The summed E-state index contributed by atoms with van der Waals surface area (Å²) in [6.45, 7) is 12.6. The third-order valence-corrected chi connectivity index (χ3v) is 3.63. The standard InChI is InChI=1S/C17H24N2O/c1-11(2)19-12(3)16(20)15(18-19)13-7-9-14(10-8-13)17(4,5)6/h7-11,20H,1-6H3. The van der Waals surface area contributed by atoms with E-state index in [1.54, 1.807) is 0 Å². The van der Waals surface area contributed by atoms with Gasteiger partial charge in [-0.05, 0) is 31.7 Å². The zero-order valence-corrected chi connectivity index (χ0v) is 13.2. The van der Waals surface area contributed by atoms with Crippen molar-refractivity contribution in [2.75, 3.05) is 0 Å². The molecule has 0 aliphatic carbocycles. The van der Waals surface area contributed by atoms with Crippen LogP contribution in [-0.4, -0.2) is 14.9 Å². The van der Waals surface area contributed by atoms with Crippen LogP contribution in [-0.2, 0) is 5.41 Å². The maximum Gasteiger partial charge on any atom is 0.164 e. The molecule has 0 amide bonds. The van der Waals surface area contributed by atoms with Crippen LogP contribution in [0.15, 0.2) is 24.3 Å². The first-order valence-electron chi connectivity index (χ1n) is 7.11. The quantitative estimate of drug-likeness (QED) is 0.877. The van der Waals surface area contributed by atoms with Crippen LogP contribution in [0.4, 0.5) is 0 Å². The third kappa shape index (κ3) is 2.58. The van der Waals surface area contributed by atoms with E-state index in [-0.39, 0.29) is 17.2 Å². The summed E-state index contributed by atoms with van der Waals surface area (Å²) in [5.41, 5.74) is 3.85. The molecule has 1 heterocycles. The fourth-order valence-corrected chi connectivity index (χ4v) is 2.34. The minimum absolute atomic E-state index is 0.133. The predicted octanol–water partition coefficient (Wildman–Crippen LogP) is 4.44. The lowest BCUT2D eigenvalue weighted by Gasteiger charge is -2.18. The van der Waals surface area contributed by atoms with E-state index in [0.29, 0.717) is 5.69 Å². The molecule has 108 valence electrons. The Morgan fingerprint density at radius 3 is 2.05 bits per heavy atom. The van der Waals surface area contributed by atoms with Crippen LogP contribution in [0.2, 0.25) is 0 Å². The number of aromatic hydroxyl groups is 1. The highest BCUT2D eigenvalue weighted by Gasteiger charge is 2.18. The van der Waals surface area contributed by atoms with Crippen LogP contribution >= 0.6 is 0 Å². The highest BCUT2D eigenvalue weighted by atomic mass is 16.3. The Labute approximate surface area is 121 Å². The predicted molar refractivity (Wildman–Crippen MR) is 83.1 cm³/mol. The molecule has 0 atom stereocenters. The Kier molecular flexibility index (Phi) is 3.63. The van der Waals surface area contributed by atoms with Gasteiger partial charge >= 0.3 is 0 Å². The van der Waals surface area contributed by atoms with Gasteiger partial charge in [0.2, 0.25) is 0 Å². The van der Waals surface area contributed by atoms with Crippen LogP contribution < -0.4 is 0 Å². The topological polar surface area (TPSA) is 38.1 Å². The summed E-state index contributed by atoms with van der Waals surface area (Å²) >= 11 is 0. The van der Waals surface area contributed by atoms with E-state index in [1.807, 2.05) is 23.7 Å². The second-order valence-electron chi connectivity index (χ2n) is 6.65. The molecule has 2 aromatic rings. The first kappa shape index (κ1) is 14.6. The summed E-state index contributed by atoms with van der Waals surface area (Å²) in [6.07, 6.45) is 0. The molecule has 1 N–H and O–H groups in total. The Balaban J connectivity index is 2.45. The Morgan fingerprint density at radius 2 is 1.65 bits per heavy atom. The Morgan fingerprint density at radius 1 is 1.10 bits per heavy atom. The number of hydrogen-bond acceptors (Lipinski definition) is 2. The van der Waals surface area contributed by atoms with Gasteiger partial charge in [0, 0.05) is 11.6 Å². The fraction of sp³-hybridized carbons (Fsp3) is 0.471. The molecule has 3 nitrogen and oxygen atoms in total. The summed E-state index contributed by atoms with van der Waals surface area (Å²) in [4.78, 5) is 0. The lowest BCUT2D eigenvalue weighted by atomic mass is 9.86. The lowest BCUT2D eigenvalue weighted by Crippen LogP contribution is -2.10. The van der Waals surface area contributed by atoms with Crippen LogP contribution in [0.25, 0.3) is 11.3 Å². The second-order valence-corrected chi connectivity index (χ2v) is 6.65. The average Bonchev–Trinajstić information content (AvgIpc) is 2.66. The molecular formula is C17H24N2O. The molecule has 0 fully saturated rings. The molecule has 0 saturated heterocycles. The van der Waals surface area contributed by atoms with Gasteiger partial charge in [-0.1, -0.05) is 45.0 Å². The van der Waals surface area contributed by atoms with Gasteiger partial charge in [0.05, 0.1) is 5.69 Å². The first-order chi connectivity index (χ1) is 9.21. The second kappa shape index (κ2) is 4.97. The van der Waals surface area contributed by atoms with Crippen molar-refractivity contribution in [2.45, 2.75) is 53.0 Å². The minimum atomic E-state index is 0.133. The number of rotatable bonds is 2. The van der Waals surface area contributed by atoms with Crippen LogP contribution in [0.5, 0.6) is 5.75 Å². The number of nitrogens with zero attached hydrogens (tertiary/aromatic N) is 2. The van der Waals surface area contributed by atoms with Crippen LogP contribution in [0.1, 0.15) is 51.9 Å². The fourth-order valence-electron chi connectivity index (χ4n) is 2.34. The average molecular weight is 272 g/mol. The van der Waals surface area contributed by atoms with Crippen molar-refractivity contribution in [1.29, 1.82) is 0 Å². The van der Waals surface area contributed by atoms with Gasteiger partial charge in [-0.3, -0.25) is 4.68 Å². The molecule has 2 rings (SSSR count). The van der Waals surface area contributed by atoms with Crippen LogP contribution in [0.3, 0.4) is 0 Å². The summed E-state index contributed by atoms with van der Waals surface area (Å²) in [6, 6.07) is 8.53. The molecule has 0 radical (unpaired) electrons. The molecule has 0 spiro atoms. The smallest absolute Gasteiger partial charge is 0.164 e. The summed E-state index contributed by atoms with van der Waals surface area (Å²) < 4.78 is 1.86. The molecule has 0 saturated carbocycles. The van der Waals surface area contributed by atoms with E-state index in [2.05, 4.69) is 51.9 Å². The third-order valence-electron chi connectivity index (χ3n) is 3.63. The van der Waals surface area contributed by atoms with E-state index in [9.17, 15) is 5.11 Å². The zero-order valence-electron chi connectivity index (χ0n) is 13.2. The summed E-state index contributed by atoms with van der Waals surface area (Å²) in [7, 11) is 0. The van der Waals surface area contributed by atoms with E-state index in [1.165, 1.54) is 5.56 Å². The van der Waals surface area contributed by atoms with Gasteiger partial charge < -0.3 is 5.11 Å². The summed E-state index contributed by atoms with van der Waals surface area (Å²) in [5.74, 6) is 0.280. The zero-order chi connectivity index (χ0) is 15.1. The SMILES string of the molecule is Cc1c(O)c(-c2ccc(C(C)(C)C)cc2)nn1C(C)C. The maximum atomic E-state index is 10.3. The highest BCUT2D eigenvalue weighted by Crippen LogP contribution is 2.33. The van der Waals surface area contributed by atoms with Gasteiger partial charge in [0.15, 0.2) is 5.75 Å². The molecular weight excluding hydrogens is 248 g/mol. The molecule has 0 bridgehead atoms. The van der Waals surface area contributed by atoms with Crippen molar-refractivity contribution in [3.63, 3.8) is 0 Å². The van der Waals surface area contributed by atoms with E-state index < -0.39 is 0 Å². The molecule has 0 aliphatic heterocycles. The number of benzene rings is 1. The van der Waals surface area contributed by atoms with Gasteiger partial charge in [0.25, 0.3) is 0 Å².